The van der Waals surface area contributed by atoms with Crippen LogP contribution < -0.4 is 0 Å². The summed E-state index contributed by atoms with van der Waals surface area (Å²) in [6, 6.07) is 8.05. The highest BCUT2D eigenvalue weighted by atomic mass is 35.5. The maximum absolute atomic E-state index is 6.02. The third-order valence-corrected chi connectivity index (χ3v) is 3.98. The molecule has 1 aliphatic rings. The van der Waals surface area contributed by atoms with Gasteiger partial charge in [-0.05, 0) is 36.5 Å². The average molecular weight is 261 g/mol. The van der Waals surface area contributed by atoms with Crippen LogP contribution in [0.4, 0.5) is 0 Å². The summed E-state index contributed by atoms with van der Waals surface area (Å²) < 4.78 is 2.38. The Balaban J connectivity index is 1.90. The van der Waals surface area contributed by atoms with Crippen molar-refractivity contribution in [2.24, 2.45) is 0 Å². The normalized spacial score (nSPS) is 18.7. The summed E-state index contributed by atoms with van der Waals surface area (Å²) in [5, 5.41) is 0.797. The molecule has 0 spiro atoms. The van der Waals surface area contributed by atoms with Crippen molar-refractivity contribution in [2.45, 2.75) is 38.6 Å². The molecule has 1 unspecified atom stereocenters. The Morgan fingerprint density at radius 1 is 1.44 bits per heavy atom. The molecule has 0 N–H and O–H groups in total. The first-order valence-corrected chi connectivity index (χ1v) is 6.90. The number of benzene rings is 1. The topological polar surface area (TPSA) is 17.8 Å². The van der Waals surface area contributed by atoms with Gasteiger partial charge >= 0.3 is 0 Å². The largest absolute Gasteiger partial charge is 0.332 e. The molecule has 1 atom stereocenters. The predicted octanol–water partition coefficient (Wildman–Crippen LogP) is 4.02. The number of hydrogen-bond acceptors (Lipinski definition) is 1. The minimum Gasteiger partial charge on any atom is -0.332 e. The third-order valence-electron chi connectivity index (χ3n) is 3.74. The molecule has 0 aliphatic carbocycles. The lowest BCUT2D eigenvalue weighted by molar-refractivity contribution is 0.465. The fourth-order valence-electron chi connectivity index (χ4n) is 2.75. The molecule has 2 heterocycles. The minimum atomic E-state index is 0.638. The second-order valence-electron chi connectivity index (χ2n) is 5.10. The van der Waals surface area contributed by atoms with E-state index in [9.17, 15) is 0 Å². The second-order valence-corrected chi connectivity index (χ2v) is 5.54. The van der Waals surface area contributed by atoms with Crippen LogP contribution >= 0.6 is 11.6 Å². The number of nitrogens with zero attached hydrogens (tertiary/aromatic N) is 2. The lowest BCUT2D eigenvalue weighted by atomic mass is 9.98. The molecule has 0 saturated heterocycles. The summed E-state index contributed by atoms with van der Waals surface area (Å²) in [7, 11) is 0. The third kappa shape index (κ3) is 2.17. The Kier molecular flexibility index (Phi) is 3.13. The van der Waals surface area contributed by atoms with E-state index in [1.54, 1.807) is 0 Å². The van der Waals surface area contributed by atoms with E-state index >= 15 is 0 Å². The Labute approximate surface area is 113 Å². The summed E-state index contributed by atoms with van der Waals surface area (Å²) in [6.07, 6.45) is 5.45. The molecule has 3 heteroatoms. The Morgan fingerprint density at radius 3 is 3.17 bits per heavy atom. The Morgan fingerprint density at radius 2 is 2.33 bits per heavy atom. The first kappa shape index (κ1) is 11.8. The van der Waals surface area contributed by atoms with E-state index in [0.29, 0.717) is 5.92 Å². The number of hydrogen-bond donors (Lipinski definition) is 0. The van der Waals surface area contributed by atoms with Gasteiger partial charge in [0.2, 0.25) is 0 Å². The fourth-order valence-corrected chi connectivity index (χ4v) is 2.97. The van der Waals surface area contributed by atoms with Crippen molar-refractivity contribution in [3.05, 3.63) is 52.6 Å². The lowest BCUT2D eigenvalue weighted by Gasteiger charge is -2.22. The van der Waals surface area contributed by atoms with Gasteiger partial charge in [0.05, 0.1) is 0 Å². The van der Waals surface area contributed by atoms with Crippen LogP contribution in [0.3, 0.4) is 0 Å². The van der Waals surface area contributed by atoms with Crippen molar-refractivity contribution in [1.29, 1.82) is 0 Å². The molecule has 18 heavy (non-hydrogen) atoms. The van der Waals surface area contributed by atoms with Gasteiger partial charge in [0.15, 0.2) is 0 Å². The van der Waals surface area contributed by atoms with E-state index in [1.165, 1.54) is 29.9 Å². The number of imidazole rings is 1. The van der Waals surface area contributed by atoms with Crippen LogP contribution in [0, 0.1) is 0 Å². The van der Waals surface area contributed by atoms with E-state index in [2.05, 4.69) is 22.5 Å². The molecule has 0 fully saturated rings. The maximum Gasteiger partial charge on any atom is 0.113 e. The molecule has 0 amide bonds. The highest BCUT2D eigenvalue weighted by molar-refractivity contribution is 6.30. The van der Waals surface area contributed by atoms with Gasteiger partial charge in [-0.25, -0.2) is 4.98 Å². The first-order chi connectivity index (χ1) is 8.74. The fraction of sp³-hybridized carbons (Fsp3) is 0.400. The lowest BCUT2D eigenvalue weighted by Crippen LogP contribution is -2.15. The molecule has 1 aliphatic heterocycles. The van der Waals surface area contributed by atoms with E-state index < -0.39 is 0 Å². The average Bonchev–Trinajstić information content (AvgIpc) is 2.74. The quantitative estimate of drug-likeness (QED) is 0.797. The van der Waals surface area contributed by atoms with Gasteiger partial charge in [0, 0.05) is 29.9 Å². The van der Waals surface area contributed by atoms with Crippen LogP contribution in [0.25, 0.3) is 0 Å². The summed E-state index contributed by atoms with van der Waals surface area (Å²) in [5.74, 6) is 1.80. The highest BCUT2D eigenvalue weighted by Gasteiger charge is 2.19. The summed E-state index contributed by atoms with van der Waals surface area (Å²) in [4.78, 5) is 4.59. The molecule has 2 aromatic rings. The Hall–Kier alpha value is -1.28. The maximum atomic E-state index is 6.02. The van der Waals surface area contributed by atoms with Crippen LogP contribution in [0.1, 0.15) is 42.8 Å². The summed E-state index contributed by atoms with van der Waals surface area (Å²) in [5.41, 5.74) is 2.62. The monoisotopic (exact) mass is 260 g/mol. The van der Waals surface area contributed by atoms with Gasteiger partial charge in [0.1, 0.15) is 5.82 Å². The SMILES string of the molecule is CC1CCCn2c1cnc2Cc1cccc(Cl)c1. The minimum absolute atomic E-state index is 0.638. The van der Waals surface area contributed by atoms with Gasteiger partial charge in [0.25, 0.3) is 0 Å². The molecule has 0 saturated carbocycles. The first-order valence-electron chi connectivity index (χ1n) is 6.53. The van der Waals surface area contributed by atoms with Crippen molar-refractivity contribution in [1.82, 2.24) is 9.55 Å². The molecule has 2 nitrogen and oxygen atoms in total. The standard InChI is InChI=1S/C15H17ClN2/c1-11-4-3-7-18-14(11)10-17-15(18)9-12-5-2-6-13(16)8-12/h2,5-6,8,10-11H,3-4,7,9H2,1H3. The second kappa shape index (κ2) is 4.77. The summed E-state index contributed by atoms with van der Waals surface area (Å²) in [6.45, 7) is 3.39. The van der Waals surface area contributed by atoms with Crippen LogP contribution in [-0.4, -0.2) is 9.55 Å². The van der Waals surface area contributed by atoms with Crippen LogP contribution in [0.5, 0.6) is 0 Å². The van der Waals surface area contributed by atoms with E-state index in [0.717, 1.165) is 18.0 Å². The number of halogens is 1. The molecular formula is C15H17ClN2. The molecule has 0 radical (unpaired) electrons. The van der Waals surface area contributed by atoms with Gasteiger partial charge in [-0.3, -0.25) is 0 Å². The zero-order valence-corrected chi connectivity index (χ0v) is 11.3. The highest BCUT2D eigenvalue weighted by Crippen LogP contribution is 2.28. The van der Waals surface area contributed by atoms with Gasteiger partial charge in [-0.15, -0.1) is 0 Å². The van der Waals surface area contributed by atoms with Crippen LogP contribution in [0.15, 0.2) is 30.5 Å². The Bertz CT molecular complexity index is 559. The number of rotatable bonds is 2. The molecule has 1 aromatic carbocycles. The van der Waals surface area contributed by atoms with Crippen molar-refractivity contribution in [2.75, 3.05) is 0 Å². The van der Waals surface area contributed by atoms with Crippen molar-refractivity contribution >= 4 is 11.6 Å². The van der Waals surface area contributed by atoms with Crippen molar-refractivity contribution in [3.8, 4) is 0 Å². The molecule has 3 rings (SSSR count). The zero-order chi connectivity index (χ0) is 12.5. The smallest absolute Gasteiger partial charge is 0.113 e. The number of fused-ring (bicyclic) bond motifs is 1. The molecular weight excluding hydrogens is 244 g/mol. The zero-order valence-electron chi connectivity index (χ0n) is 10.6. The van der Waals surface area contributed by atoms with Gasteiger partial charge < -0.3 is 4.57 Å². The van der Waals surface area contributed by atoms with E-state index in [-0.39, 0.29) is 0 Å². The molecule has 94 valence electrons. The van der Waals surface area contributed by atoms with E-state index in [1.807, 2.05) is 24.4 Å². The summed E-state index contributed by atoms with van der Waals surface area (Å²) >= 11 is 6.02. The predicted molar refractivity (Wildman–Crippen MR) is 74.1 cm³/mol. The number of aromatic nitrogens is 2. The van der Waals surface area contributed by atoms with Crippen LogP contribution in [0.2, 0.25) is 5.02 Å². The van der Waals surface area contributed by atoms with Crippen molar-refractivity contribution in [3.63, 3.8) is 0 Å². The van der Waals surface area contributed by atoms with Crippen LogP contribution in [-0.2, 0) is 13.0 Å². The van der Waals surface area contributed by atoms with Gasteiger partial charge in [-0.1, -0.05) is 30.7 Å². The van der Waals surface area contributed by atoms with Gasteiger partial charge in [-0.2, -0.15) is 0 Å². The molecule has 1 aromatic heterocycles. The van der Waals surface area contributed by atoms with Crippen molar-refractivity contribution < 1.29 is 0 Å². The molecule has 0 bridgehead atoms. The van der Waals surface area contributed by atoms with E-state index in [4.69, 9.17) is 11.6 Å².